The Kier molecular flexibility index (Phi) is 4.57. The minimum absolute atomic E-state index is 0. The number of piperazine rings is 1. The summed E-state index contributed by atoms with van der Waals surface area (Å²) >= 11 is 5.67. The summed E-state index contributed by atoms with van der Waals surface area (Å²) in [5.41, 5.74) is 0. The molecule has 84 valence electrons. The molecule has 1 aliphatic rings. The van der Waals surface area contributed by atoms with E-state index in [1.807, 2.05) is 6.07 Å². The first kappa shape index (κ1) is 12.5. The van der Waals surface area contributed by atoms with Gasteiger partial charge in [0.15, 0.2) is 11.0 Å². The molecule has 0 amide bonds. The predicted molar refractivity (Wildman–Crippen MR) is 64.0 cm³/mol. The summed E-state index contributed by atoms with van der Waals surface area (Å²) in [5, 5.41) is 8.33. The first-order valence-corrected chi connectivity index (χ1v) is 5.06. The smallest absolute Gasteiger partial charge is 0.151 e. The number of nitrogens with zero attached hydrogens (tertiary/aromatic N) is 4. The predicted octanol–water partition coefficient (Wildman–Crippen LogP) is 1.30. The van der Waals surface area contributed by atoms with Crippen LogP contribution in [0.5, 0.6) is 0 Å². The molecule has 0 aliphatic carbocycles. The zero-order chi connectivity index (χ0) is 9.97. The fourth-order valence-electron chi connectivity index (χ4n) is 1.51. The highest BCUT2D eigenvalue weighted by Gasteiger charge is 2.15. The van der Waals surface area contributed by atoms with E-state index >= 15 is 0 Å². The van der Waals surface area contributed by atoms with Gasteiger partial charge in [0, 0.05) is 26.2 Å². The van der Waals surface area contributed by atoms with Crippen LogP contribution in [-0.4, -0.2) is 48.3 Å². The number of rotatable bonds is 1. The van der Waals surface area contributed by atoms with Gasteiger partial charge in [-0.05, 0) is 19.2 Å². The Hall–Kier alpha value is -0.580. The van der Waals surface area contributed by atoms with Gasteiger partial charge in [0.25, 0.3) is 0 Å². The third kappa shape index (κ3) is 3.19. The third-order valence-electron chi connectivity index (χ3n) is 2.45. The van der Waals surface area contributed by atoms with Gasteiger partial charge in [-0.2, -0.15) is 0 Å². The minimum Gasteiger partial charge on any atom is -0.353 e. The summed E-state index contributed by atoms with van der Waals surface area (Å²) < 4.78 is 0. The quantitative estimate of drug-likeness (QED) is 0.751. The van der Waals surface area contributed by atoms with E-state index < -0.39 is 0 Å². The molecule has 0 bridgehead atoms. The van der Waals surface area contributed by atoms with Gasteiger partial charge in [-0.3, -0.25) is 0 Å². The molecule has 2 heterocycles. The van der Waals surface area contributed by atoms with Crippen LogP contribution in [0.15, 0.2) is 12.1 Å². The van der Waals surface area contributed by atoms with Crippen molar-refractivity contribution < 1.29 is 0 Å². The zero-order valence-corrected chi connectivity index (χ0v) is 10.1. The molecule has 1 aromatic heterocycles. The average Bonchev–Trinajstić information content (AvgIpc) is 2.21. The van der Waals surface area contributed by atoms with Crippen molar-refractivity contribution in [3.8, 4) is 0 Å². The van der Waals surface area contributed by atoms with Crippen LogP contribution in [0, 0.1) is 0 Å². The molecule has 6 heteroatoms. The maximum Gasteiger partial charge on any atom is 0.151 e. The Morgan fingerprint density at radius 3 is 2.33 bits per heavy atom. The molecule has 1 saturated heterocycles. The van der Waals surface area contributed by atoms with Crippen LogP contribution in [0.25, 0.3) is 0 Å². The van der Waals surface area contributed by atoms with E-state index in [0.29, 0.717) is 5.15 Å². The zero-order valence-electron chi connectivity index (χ0n) is 8.56. The molecule has 1 fully saturated rings. The van der Waals surface area contributed by atoms with Gasteiger partial charge < -0.3 is 9.80 Å². The lowest BCUT2D eigenvalue weighted by atomic mass is 10.3. The molecular formula is C9H14Cl2N4. The van der Waals surface area contributed by atoms with Crippen LogP contribution in [0.2, 0.25) is 5.15 Å². The summed E-state index contributed by atoms with van der Waals surface area (Å²) in [5.74, 6) is 0.919. The maximum atomic E-state index is 5.67. The molecule has 4 nitrogen and oxygen atoms in total. The van der Waals surface area contributed by atoms with Gasteiger partial charge in [0.05, 0.1) is 0 Å². The Morgan fingerprint density at radius 1 is 1.13 bits per heavy atom. The summed E-state index contributed by atoms with van der Waals surface area (Å²) in [7, 11) is 2.13. The topological polar surface area (TPSA) is 32.3 Å². The van der Waals surface area contributed by atoms with E-state index in [0.717, 1.165) is 32.0 Å². The van der Waals surface area contributed by atoms with Crippen LogP contribution in [0.3, 0.4) is 0 Å². The van der Waals surface area contributed by atoms with E-state index in [-0.39, 0.29) is 12.4 Å². The third-order valence-corrected chi connectivity index (χ3v) is 2.65. The lowest BCUT2D eigenvalue weighted by Gasteiger charge is -2.32. The fourth-order valence-corrected chi connectivity index (χ4v) is 1.61. The van der Waals surface area contributed by atoms with Gasteiger partial charge >= 0.3 is 0 Å². The second-order valence-electron chi connectivity index (χ2n) is 3.50. The summed E-state index contributed by atoms with van der Waals surface area (Å²) in [6.07, 6.45) is 0. The van der Waals surface area contributed by atoms with Crippen LogP contribution < -0.4 is 4.90 Å². The largest absolute Gasteiger partial charge is 0.353 e. The molecule has 0 saturated carbocycles. The number of likely N-dealkylation sites (N-methyl/N-ethyl adjacent to an activating group) is 1. The molecule has 1 aromatic rings. The van der Waals surface area contributed by atoms with Crippen LogP contribution in [0.1, 0.15) is 0 Å². The molecule has 15 heavy (non-hydrogen) atoms. The highest BCUT2D eigenvalue weighted by Crippen LogP contribution is 2.13. The number of anilines is 1. The molecule has 0 atom stereocenters. The maximum absolute atomic E-state index is 5.67. The first-order valence-electron chi connectivity index (χ1n) is 4.68. The monoisotopic (exact) mass is 248 g/mol. The summed E-state index contributed by atoms with van der Waals surface area (Å²) in [6, 6.07) is 3.70. The Bertz CT molecular complexity index is 295. The molecule has 1 aliphatic heterocycles. The van der Waals surface area contributed by atoms with Gasteiger partial charge in [-0.15, -0.1) is 22.6 Å². The van der Waals surface area contributed by atoms with E-state index in [1.54, 1.807) is 6.07 Å². The van der Waals surface area contributed by atoms with Crippen molar-refractivity contribution in [1.29, 1.82) is 0 Å². The lowest BCUT2D eigenvalue weighted by molar-refractivity contribution is 0.312. The van der Waals surface area contributed by atoms with Gasteiger partial charge in [0.2, 0.25) is 0 Å². The minimum atomic E-state index is 0. The van der Waals surface area contributed by atoms with Crippen molar-refractivity contribution in [2.45, 2.75) is 0 Å². The van der Waals surface area contributed by atoms with E-state index in [4.69, 9.17) is 11.6 Å². The summed E-state index contributed by atoms with van der Waals surface area (Å²) in [6.45, 7) is 4.16. The standard InChI is InChI=1S/C9H13ClN4.ClH/c1-13-4-6-14(7-5-13)9-3-2-8(10)11-12-9;/h2-3H,4-7H2,1H3;1H. The van der Waals surface area contributed by atoms with Crippen LogP contribution >= 0.6 is 24.0 Å². The number of hydrogen-bond donors (Lipinski definition) is 0. The fraction of sp³-hybridized carbons (Fsp3) is 0.556. The van der Waals surface area contributed by atoms with Crippen LogP contribution in [0.4, 0.5) is 5.82 Å². The van der Waals surface area contributed by atoms with Gasteiger partial charge in [-0.1, -0.05) is 11.6 Å². The molecule has 0 N–H and O–H groups in total. The second-order valence-corrected chi connectivity index (χ2v) is 3.89. The van der Waals surface area contributed by atoms with Crippen molar-refractivity contribution in [2.24, 2.45) is 0 Å². The molecule has 0 spiro atoms. The van der Waals surface area contributed by atoms with Gasteiger partial charge in [-0.25, -0.2) is 0 Å². The van der Waals surface area contributed by atoms with E-state index in [9.17, 15) is 0 Å². The molecule has 2 rings (SSSR count). The molecule has 0 unspecified atom stereocenters. The lowest BCUT2D eigenvalue weighted by Crippen LogP contribution is -2.44. The van der Waals surface area contributed by atoms with Crippen molar-refractivity contribution >= 4 is 29.8 Å². The molecule has 0 aromatic carbocycles. The summed E-state index contributed by atoms with van der Waals surface area (Å²) in [4.78, 5) is 4.53. The van der Waals surface area contributed by atoms with Crippen molar-refractivity contribution in [2.75, 3.05) is 38.1 Å². The molecular weight excluding hydrogens is 235 g/mol. The normalized spacial score (nSPS) is 17.3. The van der Waals surface area contributed by atoms with Crippen molar-refractivity contribution in [1.82, 2.24) is 15.1 Å². The number of aromatic nitrogens is 2. The average molecular weight is 249 g/mol. The number of hydrogen-bond acceptors (Lipinski definition) is 4. The van der Waals surface area contributed by atoms with Gasteiger partial charge in [0.1, 0.15) is 0 Å². The Balaban J connectivity index is 0.00000112. The first-order chi connectivity index (χ1) is 6.75. The second kappa shape index (κ2) is 5.49. The van der Waals surface area contributed by atoms with Crippen molar-refractivity contribution in [3.05, 3.63) is 17.3 Å². The van der Waals surface area contributed by atoms with E-state index in [1.165, 1.54) is 0 Å². The highest BCUT2D eigenvalue weighted by atomic mass is 35.5. The Labute approximate surface area is 101 Å². The highest BCUT2D eigenvalue weighted by molar-refractivity contribution is 6.29. The van der Waals surface area contributed by atoms with E-state index in [2.05, 4.69) is 27.0 Å². The molecule has 0 radical (unpaired) electrons. The Morgan fingerprint density at radius 2 is 1.80 bits per heavy atom. The number of halogens is 2. The SMILES string of the molecule is CN1CCN(c2ccc(Cl)nn2)CC1.Cl. The van der Waals surface area contributed by atoms with Crippen LogP contribution in [-0.2, 0) is 0 Å². The van der Waals surface area contributed by atoms with Crippen molar-refractivity contribution in [3.63, 3.8) is 0 Å².